The lowest BCUT2D eigenvalue weighted by atomic mass is 9.98. The molecule has 2 rings (SSSR count). The van der Waals surface area contributed by atoms with Gasteiger partial charge in [0.25, 0.3) is 0 Å². The van der Waals surface area contributed by atoms with Gasteiger partial charge in [0.05, 0.1) is 24.8 Å². The van der Waals surface area contributed by atoms with Gasteiger partial charge < -0.3 is 19.3 Å². The molecule has 0 spiro atoms. The minimum Gasteiger partial charge on any atom is -0.481 e. The Labute approximate surface area is 129 Å². The Hall–Kier alpha value is -1.89. The van der Waals surface area contributed by atoms with Crippen LogP contribution in [-0.4, -0.2) is 52.8 Å². The summed E-state index contributed by atoms with van der Waals surface area (Å²) >= 11 is 0. The Morgan fingerprint density at radius 1 is 1.45 bits per heavy atom. The van der Waals surface area contributed by atoms with E-state index in [4.69, 9.17) is 14.4 Å². The van der Waals surface area contributed by atoms with Gasteiger partial charge in [-0.1, -0.05) is 12.1 Å². The Balaban J connectivity index is 1.96. The van der Waals surface area contributed by atoms with E-state index in [0.29, 0.717) is 26.1 Å². The van der Waals surface area contributed by atoms with Crippen molar-refractivity contribution >= 4 is 11.9 Å². The van der Waals surface area contributed by atoms with Gasteiger partial charge in [0.2, 0.25) is 5.91 Å². The van der Waals surface area contributed by atoms with E-state index >= 15 is 0 Å². The number of nitrogens with zero attached hydrogens (tertiary/aromatic N) is 2. The molecular weight excluding hydrogens is 288 g/mol. The molecule has 2 atom stereocenters. The first-order chi connectivity index (χ1) is 10.4. The van der Waals surface area contributed by atoms with E-state index in [2.05, 4.69) is 5.16 Å². The van der Waals surface area contributed by atoms with Crippen LogP contribution in [0.15, 0.2) is 4.52 Å². The molecule has 0 radical (unpaired) electrons. The summed E-state index contributed by atoms with van der Waals surface area (Å²) in [6, 6.07) is 0. The Morgan fingerprint density at radius 3 is 2.77 bits per heavy atom. The number of aromatic nitrogens is 1. The maximum atomic E-state index is 12.6. The van der Waals surface area contributed by atoms with E-state index in [1.165, 1.54) is 0 Å². The molecule has 1 aromatic rings. The lowest BCUT2D eigenvalue weighted by Crippen LogP contribution is -2.48. The number of rotatable bonds is 5. The van der Waals surface area contributed by atoms with Crippen molar-refractivity contribution < 1.29 is 24.0 Å². The topological polar surface area (TPSA) is 92.9 Å². The average molecular weight is 310 g/mol. The van der Waals surface area contributed by atoms with Gasteiger partial charge in [-0.2, -0.15) is 0 Å². The van der Waals surface area contributed by atoms with E-state index < -0.39 is 12.1 Å². The first-order valence-corrected chi connectivity index (χ1v) is 7.42. The molecule has 2 heterocycles. The number of hydrogen-bond acceptors (Lipinski definition) is 5. The lowest BCUT2D eigenvalue weighted by molar-refractivity contribution is -0.149. The molecular formula is C15H22N2O5. The molecule has 1 aromatic heterocycles. The number of carboxylic acids is 1. The maximum absolute atomic E-state index is 12.6. The largest absolute Gasteiger partial charge is 0.481 e. The highest BCUT2D eigenvalue weighted by Gasteiger charge is 2.29. The van der Waals surface area contributed by atoms with Crippen molar-refractivity contribution in [1.82, 2.24) is 10.1 Å². The summed E-state index contributed by atoms with van der Waals surface area (Å²) in [7, 11) is 0. The van der Waals surface area contributed by atoms with Crippen LogP contribution in [-0.2, 0) is 20.7 Å². The molecule has 122 valence electrons. The van der Waals surface area contributed by atoms with Gasteiger partial charge in [-0.25, -0.2) is 0 Å². The highest BCUT2D eigenvalue weighted by molar-refractivity contribution is 5.79. The molecule has 1 N–H and O–H groups in total. The van der Waals surface area contributed by atoms with Crippen LogP contribution in [0.1, 0.15) is 30.4 Å². The van der Waals surface area contributed by atoms with Crippen LogP contribution < -0.4 is 0 Å². The average Bonchev–Trinajstić information content (AvgIpc) is 2.78. The second-order valence-electron chi connectivity index (χ2n) is 5.78. The van der Waals surface area contributed by atoms with E-state index in [1.54, 1.807) is 4.90 Å². The fourth-order valence-electron chi connectivity index (χ4n) is 2.74. The summed E-state index contributed by atoms with van der Waals surface area (Å²) in [6.45, 7) is 6.78. The number of carbonyl (C=O) groups is 2. The zero-order valence-electron chi connectivity index (χ0n) is 13.2. The number of hydrogen-bond donors (Lipinski definition) is 1. The maximum Gasteiger partial charge on any atom is 0.306 e. The molecule has 0 unspecified atom stereocenters. The highest BCUT2D eigenvalue weighted by Crippen LogP contribution is 2.20. The molecule has 1 amide bonds. The zero-order valence-corrected chi connectivity index (χ0v) is 13.2. The van der Waals surface area contributed by atoms with Crippen molar-refractivity contribution in [2.75, 3.05) is 19.7 Å². The summed E-state index contributed by atoms with van der Waals surface area (Å²) in [5.41, 5.74) is 1.78. The third-order valence-electron chi connectivity index (χ3n) is 3.97. The Kier molecular flexibility index (Phi) is 5.18. The summed E-state index contributed by atoms with van der Waals surface area (Å²) in [5.74, 6) is -0.370. The number of aliphatic carboxylic acids is 1. The van der Waals surface area contributed by atoms with Crippen LogP contribution >= 0.6 is 0 Å². The molecule has 0 aromatic carbocycles. The third kappa shape index (κ3) is 3.85. The lowest BCUT2D eigenvalue weighted by Gasteiger charge is -2.34. The fraction of sp³-hybridized carbons (Fsp3) is 0.667. The Bertz CT molecular complexity index is 535. The van der Waals surface area contributed by atoms with Crippen LogP contribution in [0.5, 0.6) is 0 Å². The smallest absolute Gasteiger partial charge is 0.306 e. The number of aryl methyl sites for hydroxylation is 2. The number of ether oxygens (including phenoxy) is 1. The molecule has 1 aliphatic heterocycles. The van der Waals surface area contributed by atoms with Gasteiger partial charge in [-0.3, -0.25) is 9.59 Å². The van der Waals surface area contributed by atoms with Gasteiger partial charge in [0, 0.05) is 24.6 Å². The SMILES string of the molecule is Cc1noc(C)c1C[C@H](C)C(=O)N1CCO[C@@H](CC(=O)O)C1. The van der Waals surface area contributed by atoms with Gasteiger partial charge in [-0.15, -0.1) is 0 Å². The predicted molar refractivity (Wildman–Crippen MR) is 77.4 cm³/mol. The number of carbonyl (C=O) groups excluding carboxylic acids is 1. The van der Waals surface area contributed by atoms with Crippen molar-refractivity contribution in [2.45, 2.75) is 39.7 Å². The Morgan fingerprint density at radius 2 is 2.18 bits per heavy atom. The van der Waals surface area contributed by atoms with Gasteiger partial charge >= 0.3 is 5.97 Å². The minimum atomic E-state index is -0.914. The van der Waals surface area contributed by atoms with Crippen molar-refractivity contribution in [3.05, 3.63) is 17.0 Å². The molecule has 1 saturated heterocycles. The number of carboxylic acid groups (broad SMARTS) is 1. The molecule has 1 aliphatic rings. The fourth-order valence-corrected chi connectivity index (χ4v) is 2.74. The molecule has 0 aliphatic carbocycles. The van der Waals surface area contributed by atoms with E-state index in [1.807, 2.05) is 20.8 Å². The first-order valence-electron chi connectivity index (χ1n) is 7.42. The number of morpholine rings is 1. The standard InChI is InChI=1S/C15H22N2O5/c1-9(6-13-10(2)16-22-11(13)3)15(20)17-4-5-21-12(8-17)7-14(18)19/h9,12H,4-8H2,1-3H3,(H,18,19)/t9-,12-/m0/s1. The first kappa shape index (κ1) is 16.5. The molecule has 7 nitrogen and oxygen atoms in total. The van der Waals surface area contributed by atoms with Crippen LogP contribution in [0.4, 0.5) is 0 Å². The predicted octanol–water partition coefficient (Wildman–Crippen LogP) is 1.17. The molecule has 0 saturated carbocycles. The quantitative estimate of drug-likeness (QED) is 0.877. The minimum absolute atomic E-state index is 0.0127. The van der Waals surface area contributed by atoms with E-state index in [0.717, 1.165) is 17.0 Å². The molecule has 7 heteroatoms. The van der Waals surface area contributed by atoms with Crippen molar-refractivity contribution in [1.29, 1.82) is 0 Å². The highest BCUT2D eigenvalue weighted by atomic mass is 16.5. The zero-order chi connectivity index (χ0) is 16.3. The van der Waals surface area contributed by atoms with Crippen LogP contribution in [0.3, 0.4) is 0 Å². The third-order valence-corrected chi connectivity index (χ3v) is 3.97. The second kappa shape index (κ2) is 6.91. The normalized spacial score (nSPS) is 20.0. The van der Waals surface area contributed by atoms with Crippen molar-refractivity contribution in [3.63, 3.8) is 0 Å². The van der Waals surface area contributed by atoms with Gasteiger partial charge in [-0.05, 0) is 20.3 Å². The second-order valence-corrected chi connectivity index (χ2v) is 5.78. The monoisotopic (exact) mass is 310 g/mol. The van der Waals surface area contributed by atoms with Crippen molar-refractivity contribution in [2.24, 2.45) is 5.92 Å². The van der Waals surface area contributed by atoms with Crippen molar-refractivity contribution in [3.8, 4) is 0 Å². The summed E-state index contributed by atoms with van der Waals surface area (Å²) in [6.07, 6.45) is 0.0599. The van der Waals surface area contributed by atoms with Crippen LogP contribution in [0.2, 0.25) is 0 Å². The van der Waals surface area contributed by atoms with Crippen LogP contribution in [0, 0.1) is 19.8 Å². The summed E-state index contributed by atoms with van der Waals surface area (Å²) < 4.78 is 10.5. The van der Waals surface area contributed by atoms with Crippen LogP contribution in [0.25, 0.3) is 0 Å². The van der Waals surface area contributed by atoms with Gasteiger partial charge in [0.15, 0.2) is 0 Å². The molecule has 1 fully saturated rings. The van der Waals surface area contributed by atoms with E-state index in [9.17, 15) is 9.59 Å². The molecule has 0 bridgehead atoms. The number of amides is 1. The summed E-state index contributed by atoms with van der Waals surface area (Å²) in [5, 5.41) is 12.7. The van der Waals surface area contributed by atoms with Gasteiger partial charge in [0.1, 0.15) is 5.76 Å². The van der Waals surface area contributed by atoms with E-state index in [-0.39, 0.29) is 18.2 Å². The summed E-state index contributed by atoms with van der Waals surface area (Å²) in [4.78, 5) is 25.0. The molecule has 22 heavy (non-hydrogen) atoms.